The molecule has 0 fully saturated rings. The molecule has 0 aliphatic rings. The van der Waals surface area contributed by atoms with E-state index in [1.54, 1.807) is 6.07 Å². The first kappa shape index (κ1) is 16.1. The molecule has 0 aliphatic carbocycles. The molecule has 2 N–H and O–H groups in total. The highest BCUT2D eigenvalue weighted by molar-refractivity contribution is 5.39. The maximum Gasteiger partial charge on any atom is 0.573 e. The van der Waals surface area contributed by atoms with Crippen LogP contribution in [0.25, 0.3) is 0 Å². The standard InChI is InChI=1S/C15H13F4NO2/c1-21-12-4-2-3-11(13(12)16)14(20)9-5-7-10(8-6-9)22-15(17,18)19/h2-8,14H,20H2,1H3/t14-/m0/s1. The Bertz CT molecular complexity index is 641. The summed E-state index contributed by atoms with van der Waals surface area (Å²) in [5, 5.41) is 0. The largest absolute Gasteiger partial charge is 0.573 e. The lowest BCUT2D eigenvalue weighted by Gasteiger charge is -2.16. The van der Waals surface area contributed by atoms with Crippen molar-refractivity contribution in [2.45, 2.75) is 12.4 Å². The molecule has 2 aromatic rings. The molecular formula is C15H13F4NO2. The molecule has 0 aromatic heterocycles. The number of halogens is 4. The summed E-state index contributed by atoms with van der Waals surface area (Å²) in [4.78, 5) is 0. The fourth-order valence-electron chi connectivity index (χ4n) is 1.98. The Labute approximate surface area is 124 Å². The lowest BCUT2D eigenvalue weighted by Crippen LogP contribution is -2.17. The zero-order chi connectivity index (χ0) is 16.3. The molecule has 7 heteroatoms. The second kappa shape index (κ2) is 6.23. The second-order valence-electron chi connectivity index (χ2n) is 4.46. The van der Waals surface area contributed by atoms with E-state index < -0.39 is 18.2 Å². The van der Waals surface area contributed by atoms with Gasteiger partial charge in [0.25, 0.3) is 0 Å². The summed E-state index contributed by atoms with van der Waals surface area (Å²) >= 11 is 0. The fourth-order valence-corrected chi connectivity index (χ4v) is 1.98. The first-order valence-electron chi connectivity index (χ1n) is 6.25. The summed E-state index contributed by atoms with van der Waals surface area (Å²) in [6.45, 7) is 0. The van der Waals surface area contributed by atoms with Gasteiger partial charge in [0.1, 0.15) is 5.75 Å². The molecule has 0 heterocycles. The molecule has 0 unspecified atom stereocenters. The van der Waals surface area contributed by atoms with E-state index in [9.17, 15) is 17.6 Å². The fraction of sp³-hybridized carbons (Fsp3) is 0.200. The van der Waals surface area contributed by atoms with Crippen LogP contribution in [-0.4, -0.2) is 13.5 Å². The van der Waals surface area contributed by atoms with Crippen molar-refractivity contribution in [2.24, 2.45) is 5.73 Å². The van der Waals surface area contributed by atoms with Crippen LogP contribution in [0.1, 0.15) is 17.2 Å². The van der Waals surface area contributed by atoms with Crippen molar-refractivity contribution < 1.29 is 27.0 Å². The van der Waals surface area contributed by atoms with Gasteiger partial charge >= 0.3 is 6.36 Å². The van der Waals surface area contributed by atoms with Crippen LogP contribution in [-0.2, 0) is 0 Å². The van der Waals surface area contributed by atoms with Gasteiger partial charge in [-0.1, -0.05) is 24.3 Å². The van der Waals surface area contributed by atoms with Gasteiger partial charge in [-0.15, -0.1) is 13.2 Å². The van der Waals surface area contributed by atoms with Crippen LogP contribution in [0.4, 0.5) is 17.6 Å². The van der Waals surface area contributed by atoms with Gasteiger partial charge in [-0.25, -0.2) is 4.39 Å². The predicted octanol–water partition coefficient (Wildman–Crippen LogP) is 3.78. The predicted molar refractivity (Wildman–Crippen MR) is 72.1 cm³/mol. The lowest BCUT2D eigenvalue weighted by molar-refractivity contribution is -0.274. The molecule has 0 saturated heterocycles. The van der Waals surface area contributed by atoms with Crippen LogP contribution in [0.3, 0.4) is 0 Å². The Kier molecular flexibility index (Phi) is 4.56. The quantitative estimate of drug-likeness (QED) is 0.873. The van der Waals surface area contributed by atoms with Gasteiger partial charge in [-0.2, -0.15) is 0 Å². The highest BCUT2D eigenvalue weighted by Gasteiger charge is 2.31. The Balaban J connectivity index is 2.25. The van der Waals surface area contributed by atoms with E-state index in [-0.39, 0.29) is 17.1 Å². The van der Waals surface area contributed by atoms with Crippen LogP contribution in [0.15, 0.2) is 42.5 Å². The van der Waals surface area contributed by atoms with Gasteiger partial charge < -0.3 is 15.2 Å². The number of rotatable bonds is 4. The van der Waals surface area contributed by atoms with E-state index in [0.29, 0.717) is 5.56 Å². The van der Waals surface area contributed by atoms with Crippen LogP contribution in [0.5, 0.6) is 11.5 Å². The van der Waals surface area contributed by atoms with Crippen molar-refractivity contribution in [3.8, 4) is 11.5 Å². The van der Waals surface area contributed by atoms with Crippen molar-refractivity contribution in [2.75, 3.05) is 7.11 Å². The summed E-state index contributed by atoms with van der Waals surface area (Å²) in [7, 11) is 1.33. The van der Waals surface area contributed by atoms with E-state index in [1.165, 1.54) is 31.4 Å². The Morgan fingerprint density at radius 1 is 1.05 bits per heavy atom. The van der Waals surface area contributed by atoms with Crippen molar-refractivity contribution in [1.82, 2.24) is 0 Å². The molecule has 22 heavy (non-hydrogen) atoms. The van der Waals surface area contributed by atoms with Crippen LogP contribution in [0, 0.1) is 5.82 Å². The van der Waals surface area contributed by atoms with E-state index in [2.05, 4.69) is 4.74 Å². The SMILES string of the molecule is COc1cccc([C@@H](N)c2ccc(OC(F)(F)F)cc2)c1F. The molecule has 0 amide bonds. The zero-order valence-corrected chi connectivity index (χ0v) is 11.5. The highest BCUT2D eigenvalue weighted by atomic mass is 19.4. The summed E-state index contributed by atoms with van der Waals surface area (Å²) < 4.78 is 59.0. The number of hydrogen-bond donors (Lipinski definition) is 1. The smallest absolute Gasteiger partial charge is 0.494 e. The van der Waals surface area contributed by atoms with Crippen LogP contribution < -0.4 is 15.2 Å². The van der Waals surface area contributed by atoms with Gasteiger partial charge in [0.05, 0.1) is 13.2 Å². The molecule has 3 nitrogen and oxygen atoms in total. The lowest BCUT2D eigenvalue weighted by atomic mass is 9.99. The Morgan fingerprint density at radius 2 is 1.68 bits per heavy atom. The summed E-state index contributed by atoms with van der Waals surface area (Å²) in [6.07, 6.45) is -4.76. The van der Waals surface area contributed by atoms with Gasteiger partial charge in [0.2, 0.25) is 0 Å². The number of ether oxygens (including phenoxy) is 2. The number of methoxy groups -OCH3 is 1. The summed E-state index contributed by atoms with van der Waals surface area (Å²) in [5.41, 5.74) is 6.59. The third kappa shape index (κ3) is 3.67. The third-order valence-electron chi connectivity index (χ3n) is 3.02. The molecule has 118 valence electrons. The van der Waals surface area contributed by atoms with Gasteiger partial charge in [0.15, 0.2) is 11.6 Å². The van der Waals surface area contributed by atoms with E-state index in [1.807, 2.05) is 0 Å². The molecule has 0 spiro atoms. The minimum atomic E-state index is -4.76. The molecule has 1 atom stereocenters. The van der Waals surface area contributed by atoms with E-state index in [0.717, 1.165) is 12.1 Å². The van der Waals surface area contributed by atoms with Gasteiger partial charge in [-0.05, 0) is 23.8 Å². The van der Waals surface area contributed by atoms with Gasteiger partial charge in [-0.3, -0.25) is 0 Å². The number of alkyl halides is 3. The molecule has 0 aliphatic heterocycles. The van der Waals surface area contributed by atoms with Crippen molar-refractivity contribution in [3.63, 3.8) is 0 Å². The van der Waals surface area contributed by atoms with Gasteiger partial charge in [0, 0.05) is 5.56 Å². The molecular weight excluding hydrogens is 302 g/mol. The van der Waals surface area contributed by atoms with Crippen LogP contribution in [0.2, 0.25) is 0 Å². The number of nitrogens with two attached hydrogens (primary N) is 1. The topological polar surface area (TPSA) is 44.5 Å². The first-order chi connectivity index (χ1) is 10.3. The number of benzene rings is 2. The number of hydrogen-bond acceptors (Lipinski definition) is 3. The van der Waals surface area contributed by atoms with Crippen molar-refractivity contribution in [3.05, 3.63) is 59.4 Å². The maximum absolute atomic E-state index is 14.1. The summed E-state index contributed by atoms with van der Waals surface area (Å²) in [5.74, 6) is -0.923. The second-order valence-corrected chi connectivity index (χ2v) is 4.46. The Hall–Kier alpha value is -2.28. The Morgan fingerprint density at radius 3 is 2.23 bits per heavy atom. The summed E-state index contributed by atoms with van der Waals surface area (Å²) in [6, 6.07) is 8.64. The van der Waals surface area contributed by atoms with Crippen LogP contribution >= 0.6 is 0 Å². The molecule has 0 saturated carbocycles. The van der Waals surface area contributed by atoms with Crippen molar-refractivity contribution in [1.29, 1.82) is 0 Å². The minimum Gasteiger partial charge on any atom is -0.494 e. The third-order valence-corrected chi connectivity index (χ3v) is 3.02. The van der Waals surface area contributed by atoms with Crippen molar-refractivity contribution >= 4 is 0 Å². The minimum absolute atomic E-state index is 0.0463. The average molecular weight is 315 g/mol. The zero-order valence-electron chi connectivity index (χ0n) is 11.5. The molecule has 0 bridgehead atoms. The average Bonchev–Trinajstić information content (AvgIpc) is 2.46. The normalized spacial score (nSPS) is 12.8. The van der Waals surface area contributed by atoms with E-state index >= 15 is 0 Å². The first-order valence-corrected chi connectivity index (χ1v) is 6.25. The van der Waals surface area contributed by atoms with E-state index in [4.69, 9.17) is 10.5 Å². The molecule has 2 aromatic carbocycles. The highest BCUT2D eigenvalue weighted by Crippen LogP contribution is 2.29. The molecule has 2 rings (SSSR count). The monoisotopic (exact) mass is 315 g/mol. The molecule has 0 radical (unpaired) electrons. The maximum atomic E-state index is 14.1.